The average Bonchev–Trinajstić information content (AvgIpc) is 2.46. The van der Waals surface area contributed by atoms with Crippen molar-refractivity contribution in [1.29, 1.82) is 0 Å². The second-order valence-electron chi connectivity index (χ2n) is 6.84. The number of hydrogen-bond acceptors (Lipinski definition) is 4. The van der Waals surface area contributed by atoms with Crippen molar-refractivity contribution in [2.75, 3.05) is 26.4 Å². The van der Waals surface area contributed by atoms with Crippen LogP contribution in [0.3, 0.4) is 0 Å². The molecule has 0 spiro atoms. The Hall–Kier alpha value is -0.160. The molecule has 2 rings (SSSR count). The van der Waals surface area contributed by atoms with E-state index in [1.54, 1.807) is 0 Å². The van der Waals surface area contributed by atoms with Crippen molar-refractivity contribution in [3.8, 4) is 0 Å². The second-order valence-corrected chi connectivity index (χ2v) is 6.84. The van der Waals surface area contributed by atoms with Gasteiger partial charge >= 0.3 is 0 Å². The first-order chi connectivity index (χ1) is 9.63. The normalized spacial score (nSPS) is 32.7. The minimum absolute atomic E-state index is 0.132. The Balaban J connectivity index is 1.79. The lowest BCUT2D eigenvalue weighted by Gasteiger charge is -2.42. The molecular weight excluding hydrogens is 254 g/mol. The SMILES string of the molecule is CC(C)NC1(CO)CCCC(OCC2CCOCC2)C1. The van der Waals surface area contributed by atoms with Gasteiger partial charge in [0.05, 0.1) is 12.7 Å². The van der Waals surface area contributed by atoms with E-state index in [1.165, 1.54) is 0 Å². The van der Waals surface area contributed by atoms with E-state index in [0.29, 0.717) is 18.1 Å². The zero-order valence-electron chi connectivity index (χ0n) is 13.1. The Morgan fingerprint density at radius 3 is 2.70 bits per heavy atom. The van der Waals surface area contributed by atoms with E-state index in [9.17, 15) is 5.11 Å². The molecule has 0 bridgehead atoms. The highest BCUT2D eigenvalue weighted by Gasteiger charge is 2.36. The number of hydrogen-bond donors (Lipinski definition) is 2. The second kappa shape index (κ2) is 7.74. The van der Waals surface area contributed by atoms with Gasteiger partial charge in [-0.3, -0.25) is 0 Å². The van der Waals surface area contributed by atoms with Gasteiger partial charge < -0.3 is 19.9 Å². The maximum atomic E-state index is 9.79. The van der Waals surface area contributed by atoms with Gasteiger partial charge in [-0.2, -0.15) is 0 Å². The average molecular weight is 285 g/mol. The van der Waals surface area contributed by atoms with Gasteiger partial charge in [-0.1, -0.05) is 13.8 Å². The summed E-state index contributed by atoms with van der Waals surface area (Å²) in [5, 5.41) is 13.4. The van der Waals surface area contributed by atoms with Crippen molar-refractivity contribution < 1.29 is 14.6 Å². The number of rotatable bonds is 6. The van der Waals surface area contributed by atoms with Gasteiger partial charge in [0, 0.05) is 31.4 Å². The van der Waals surface area contributed by atoms with Crippen LogP contribution in [0.2, 0.25) is 0 Å². The third-order valence-electron chi connectivity index (χ3n) is 4.61. The van der Waals surface area contributed by atoms with Crippen LogP contribution < -0.4 is 5.32 Å². The number of nitrogens with one attached hydrogen (secondary N) is 1. The monoisotopic (exact) mass is 285 g/mol. The summed E-state index contributed by atoms with van der Waals surface area (Å²) in [5.41, 5.74) is -0.132. The minimum atomic E-state index is -0.132. The van der Waals surface area contributed by atoms with E-state index in [-0.39, 0.29) is 12.1 Å². The van der Waals surface area contributed by atoms with Gasteiger partial charge in [-0.15, -0.1) is 0 Å². The van der Waals surface area contributed by atoms with Gasteiger partial charge in [0.1, 0.15) is 0 Å². The molecule has 2 atom stereocenters. The molecule has 1 saturated carbocycles. The van der Waals surface area contributed by atoms with Crippen LogP contribution >= 0.6 is 0 Å². The van der Waals surface area contributed by atoms with E-state index in [4.69, 9.17) is 9.47 Å². The highest BCUT2D eigenvalue weighted by Crippen LogP contribution is 2.31. The van der Waals surface area contributed by atoms with Crippen LogP contribution in [0.25, 0.3) is 0 Å². The summed E-state index contributed by atoms with van der Waals surface area (Å²) < 4.78 is 11.5. The molecule has 1 saturated heterocycles. The van der Waals surface area contributed by atoms with E-state index in [0.717, 1.165) is 58.3 Å². The third-order valence-corrected chi connectivity index (χ3v) is 4.61. The summed E-state index contributed by atoms with van der Waals surface area (Å²) in [4.78, 5) is 0. The number of aliphatic hydroxyl groups is 1. The van der Waals surface area contributed by atoms with Crippen LogP contribution in [0.4, 0.5) is 0 Å². The van der Waals surface area contributed by atoms with Crippen LogP contribution in [0, 0.1) is 5.92 Å². The molecule has 4 nitrogen and oxygen atoms in total. The van der Waals surface area contributed by atoms with Crippen molar-refractivity contribution in [2.45, 2.75) is 70.1 Å². The summed E-state index contributed by atoms with van der Waals surface area (Å²) in [6.07, 6.45) is 6.81. The topological polar surface area (TPSA) is 50.7 Å². The van der Waals surface area contributed by atoms with Gasteiger partial charge in [-0.25, -0.2) is 0 Å². The molecule has 2 aliphatic rings. The molecule has 1 aliphatic heterocycles. The van der Waals surface area contributed by atoms with Crippen molar-refractivity contribution in [1.82, 2.24) is 5.32 Å². The van der Waals surface area contributed by atoms with Gasteiger partial charge in [0.2, 0.25) is 0 Å². The Morgan fingerprint density at radius 2 is 2.05 bits per heavy atom. The van der Waals surface area contributed by atoms with Gasteiger partial charge in [-0.05, 0) is 44.4 Å². The lowest BCUT2D eigenvalue weighted by atomic mass is 9.80. The minimum Gasteiger partial charge on any atom is -0.394 e. The van der Waals surface area contributed by atoms with Crippen LogP contribution in [0.15, 0.2) is 0 Å². The smallest absolute Gasteiger partial charge is 0.0614 e. The maximum absolute atomic E-state index is 9.79. The summed E-state index contributed by atoms with van der Waals surface area (Å²) in [7, 11) is 0. The first-order valence-electron chi connectivity index (χ1n) is 8.21. The maximum Gasteiger partial charge on any atom is 0.0614 e. The predicted molar refractivity (Wildman–Crippen MR) is 79.8 cm³/mol. The van der Waals surface area contributed by atoms with Crippen LogP contribution in [0.1, 0.15) is 52.4 Å². The lowest BCUT2D eigenvalue weighted by Crippen LogP contribution is -2.55. The van der Waals surface area contributed by atoms with Crippen LogP contribution in [-0.2, 0) is 9.47 Å². The molecule has 0 radical (unpaired) electrons. The Morgan fingerprint density at radius 1 is 1.30 bits per heavy atom. The van der Waals surface area contributed by atoms with Gasteiger partial charge in [0.15, 0.2) is 0 Å². The van der Waals surface area contributed by atoms with Crippen LogP contribution in [-0.4, -0.2) is 49.2 Å². The molecule has 2 N–H and O–H groups in total. The fourth-order valence-corrected chi connectivity index (χ4v) is 3.57. The highest BCUT2D eigenvalue weighted by atomic mass is 16.5. The van der Waals surface area contributed by atoms with E-state index in [2.05, 4.69) is 19.2 Å². The van der Waals surface area contributed by atoms with Crippen molar-refractivity contribution in [2.24, 2.45) is 5.92 Å². The van der Waals surface area contributed by atoms with Crippen molar-refractivity contribution >= 4 is 0 Å². The third kappa shape index (κ3) is 4.69. The lowest BCUT2D eigenvalue weighted by molar-refractivity contribution is -0.0471. The molecule has 2 fully saturated rings. The number of aliphatic hydroxyl groups excluding tert-OH is 1. The largest absolute Gasteiger partial charge is 0.394 e. The first-order valence-corrected chi connectivity index (χ1v) is 8.21. The summed E-state index contributed by atoms with van der Waals surface area (Å²) in [5.74, 6) is 0.660. The molecule has 0 aromatic heterocycles. The van der Waals surface area contributed by atoms with Crippen LogP contribution in [0.5, 0.6) is 0 Å². The molecule has 20 heavy (non-hydrogen) atoms. The molecule has 1 heterocycles. The van der Waals surface area contributed by atoms with Gasteiger partial charge in [0.25, 0.3) is 0 Å². The molecule has 2 unspecified atom stereocenters. The quantitative estimate of drug-likeness (QED) is 0.785. The Kier molecular flexibility index (Phi) is 6.27. The molecule has 0 aromatic carbocycles. The molecule has 4 heteroatoms. The van der Waals surface area contributed by atoms with E-state index >= 15 is 0 Å². The van der Waals surface area contributed by atoms with Crippen molar-refractivity contribution in [3.63, 3.8) is 0 Å². The zero-order chi connectivity index (χ0) is 14.4. The van der Waals surface area contributed by atoms with E-state index < -0.39 is 0 Å². The highest BCUT2D eigenvalue weighted by molar-refractivity contribution is 4.95. The van der Waals surface area contributed by atoms with E-state index in [1.807, 2.05) is 0 Å². The Labute approximate surface area is 123 Å². The fraction of sp³-hybridized carbons (Fsp3) is 1.00. The predicted octanol–water partition coefficient (Wildman–Crippen LogP) is 2.10. The number of ether oxygens (including phenoxy) is 2. The molecule has 118 valence electrons. The summed E-state index contributed by atoms with van der Waals surface area (Å²) in [6.45, 7) is 7.12. The molecule has 0 aromatic rings. The molecule has 1 aliphatic carbocycles. The first kappa shape index (κ1) is 16.2. The summed E-state index contributed by atoms with van der Waals surface area (Å²) >= 11 is 0. The fourth-order valence-electron chi connectivity index (χ4n) is 3.57. The standard InChI is InChI=1S/C16H31NO3/c1-13(2)17-16(12-18)7-3-4-15(10-16)20-11-14-5-8-19-9-6-14/h13-15,17-18H,3-12H2,1-2H3. The Bertz CT molecular complexity index is 279. The summed E-state index contributed by atoms with van der Waals surface area (Å²) in [6, 6.07) is 0.399. The molecular formula is C16H31NO3. The molecule has 0 amide bonds. The zero-order valence-corrected chi connectivity index (χ0v) is 13.1. The van der Waals surface area contributed by atoms with Crippen molar-refractivity contribution in [3.05, 3.63) is 0 Å².